The van der Waals surface area contributed by atoms with Crippen molar-refractivity contribution in [3.8, 4) is 0 Å². The van der Waals surface area contributed by atoms with Crippen molar-refractivity contribution >= 4 is 38.6 Å². The van der Waals surface area contributed by atoms with Crippen molar-refractivity contribution in [3.63, 3.8) is 0 Å². The van der Waals surface area contributed by atoms with Crippen LogP contribution in [-0.2, 0) is 14.3 Å². The van der Waals surface area contributed by atoms with Gasteiger partial charge < -0.3 is 10.1 Å². The Hall–Kier alpha value is -1.99. The van der Waals surface area contributed by atoms with Crippen LogP contribution >= 0.6 is 11.3 Å². The first-order valence-electron chi connectivity index (χ1n) is 7.49. The third kappa shape index (κ3) is 4.74. The van der Waals surface area contributed by atoms with E-state index >= 15 is 0 Å². The Bertz CT molecular complexity index is 653. The highest BCUT2D eigenvalue weighted by molar-refractivity contribution is 7.22. The molecule has 7 heteroatoms. The average molecular weight is 335 g/mol. The summed E-state index contributed by atoms with van der Waals surface area (Å²) in [6.45, 7) is 5.12. The molecule has 0 spiro atoms. The maximum Gasteiger partial charge on any atom is 0.309 e. The summed E-state index contributed by atoms with van der Waals surface area (Å²) in [4.78, 5) is 29.9. The number of anilines is 1. The second-order valence-corrected chi connectivity index (χ2v) is 6.32. The van der Waals surface area contributed by atoms with E-state index in [1.165, 1.54) is 18.4 Å². The number of likely N-dealkylation sites (N-methyl/N-ethyl adjacent to an activating group) is 1. The van der Waals surface area contributed by atoms with Crippen molar-refractivity contribution in [2.45, 2.75) is 13.8 Å². The van der Waals surface area contributed by atoms with E-state index in [4.69, 9.17) is 4.74 Å². The van der Waals surface area contributed by atoms with Crippen molar-refractivity contribution in [1.29, 1.82) is 0 Å². The number of rotatable bonds is 7. The molecule has 0 bridgehead atoms. The monoisotopic (exact) mass is 335 g/mol. The molecule has 0 saturated heterocycles. The molecule has 1 unspecified atom stereocenters. The summed E-state index contributed by atoms with van der Waals surface area (Å²) in [5, 5.41) is 3.41. The maximum atomic E-state index is 12.2. The van der Waals surface area contributed by atoms with Crippen LogP contribution in [-0.4, -0.2) is 48.5 Å². The molecule has 0 aliphatic heterocycles. The van der Waals surface area contributed by atoms with Gasteiger partial charge in [0.2, 0.25) is 5.91 Å². The minimum Gasteiger partial charge on any atom is -0.469 e. The number of aromatic nitrogens is 1. The van der Waals surface area contributed by atoms with Crippen LogP contribution in [0.2, 0.25) is 0 Å². The Balaban J connectivity index is 1.92. The van der Waals surface area contributed by atoms with Crippen molar-refractivity contribution < 1.29 is 14.3 Å². The minimum atomic E-state index is -0.268. The molecule has 0 aliphatic rings. The lowest BCUT2D eigenvalue weighted by atomic mass is 10.1. The third-order valence-corrected chi connectivity index (χ3v) is 4.44. The number of amides is 1. The molecule has 1 atom stereocenters. The fourth-order valence-corrected chi connectivity index (χ4v) is 3.14. The molecule has 1 N–H and O–H groups in total. The molecule has 23 heavy (non-hydrogen) atoms. The van der Waals surface area contributed by atoms with Gasteiger partial charge in [0.25, 0.3) is 0 Å². The summed E-state index contributed by atoms with van der Waals surface area (Å²) in [7, 11) is 1.37. The highest BCUT2D eigenvalue weighted by Crippen LogP contribution is 2.25. The Morgan fingerprint density at radius 3 is 2.78 bits per heavy atom. The number of hydrogen-bond acceptors (Lipinski definition) is 6. The molecule has 0 radical (unpaired) electrons. The third-order valence-electron chi connectivity index (χ3n) is 3.49. The fourth-order valence-electron chi connectivity index (χ4n) is 2.26. The summed E-state index contributed by atoms with van der Waals surface area (Å²) in [5.41, 5.74) is 0.875. The van der Waals surface area contributed by atoms with Crippen molar-refractivity contribution in [2.24, 2.45) is 5.92 Å². The van der Waals surface area contributed by atoms with Gasteiger partial charge in [-0.3, -0.25) is 14.5 Å². The molecule has 2 aromatic rings. The Kier molecular flexibility index (Phi) is 6.06. The number of carbonyl (C=O) groups is 2. The van der Waals surface area contributed by atoms with Gasteiger partial charge in [-0.05, 0) is 18.7 Å². The summed E-state index contributed by atoms with van der Waals surface area (Å²) in [6, 6.07) is 7.75. The van der Waals surface area contributed by atoms with E-state index < -0.39 is 0 Å². The zero-order chi connectivity index (χ0) is 16.8. The number of methoxy groups -OCH3 is 1. The Labute approximate surface area is 139 Å². The topological polar surface area (TPSA) is 71.5 Å². The van der Waals surface area contributed by atoms with Crippen LogP contribution in [0.1, 0.15) is 13.8 Å². The summed E-state index contributed by atoms with van der Waals surface area (Å²) in [6.07, 6.45) is 0. The molecule has 1 heterocycles. The lowest BCUT2D eigenvalue weighted by Gasteiger charge is -2.22. The number of carbonyl (C=O) groups excluding carboxylic acids is 2. The van der Waals surface area contributed by atoms with Crippen LogP contribution in [0.25, 0.3) is 10.2 Å². The van der Waals surface area contributed by atoms with E-state index in [9.17, 15) is 9.59 Å². The van der Waals surface area contributed by atoms with E-state index in [0.717, 1.165) is 10.2 Å². The zero-order valence-electron chi connectivity index (χ0n) is 13.5. The molecule has 2 rings (SSSR count). The molecule has 1 amide bonds. The number of nitrogens with one attached hydrogen (secondary N) is 1. The van der Waals surface area contributed by atoms with Gasteiger partial charge in [0, 0.05) is 6.54 Å². The van der Waals surface area contributed by atoms with Gasteiger partial charge in [-0.25, -0.2) is 4.98 Å². The van der Waals surface area contributed by atoms with Crippen LogP contribution < -0.4 is 5.32 Å². The number of para-hydroxylation sites is 1. The zero-order valence-corrected chi connectivity index (χ0v) is 14.4. The first-order chi connectivity index (χ1) is 11.0. The molecular weight excluding hydrogens is 314 g/mol. The van der Waals surface area contributed by atoms with Gasteiger partial charge >= 0.3 is 5.97 Å². The van der Waals surface area contributed by atoms with E-state index in [1.807, 2.05) is 36.1 Å². The largest absolute Gasteiger partial charge is 0.469 e. The SMILES string of the molecule is CCN(CC(=O)Nc1nc2ccccc2s1)CC(C)C(=O)OC. The Morgan fingerprint density at radius 1 is 1.39 bits per heavy atom. The number of ether oxygens (including phenoxy) is 1. The minimum absolute atomic E-state index is 0.136. The molecule has 124 valence electrons. The van der Waals surface area contributed by atoms with Crippen LogP contribution in [0.3, 0.4) is 0 Å². The first kappa shape index (κ1) is 17.4. The van der Waals surface area contributed by atoms with Crippen LogP contribution in [0, 0.1) is 5.92 Å². The molecule has 0 fully saturated rings. The second kappa shape index (κ2) is 8.03. The highest BCUT2D eigenvalue weighted by Gasteiger charge is 2.19. The molecular formula is C16H21N3O3S. The number of thiazole rings is 1. The van der Waals surface area contributed by atoms with Gasteiger partial charge in [-0.1, -0.05) is 37.3 Å². The van der Waals surface area contributed by atoms with Crippen LogP contribution in [0.4, 0.5) is 5.13 Å². The fraction of sp³-hybridized carbons (Fsp3) is 0.438. The lowest BCUT2D eigenvalue weighted by Crippen LogP contribution is -2.38. The summed E-state index contributed by atoms with van der Waals surface area (Å²) in [5.74, 6) is -0.673. The number of esters is 1. The van der Waals surface area contributed by atoms with Crippen molar-refractivity contribution in [1.82, 2.24) is 9.88 Å². The number of benzene rings is 1. The molecule has 1 aromatic heterocycles. The maximum absolute atomic E-state index is 12.2. The standard InChI is InChI=1S/C16H21N3O3S/c1-4-19(9-11(2)15(21)22-3)10-14(20)18-16-17-12-7-5-6-8-13(12)23-16/h5-8,11H,4,9-10H2,1-3H3,(H,17,18,20). The smallest absolute Gasteiger partial charge is 0.309 e. The quantitative estimate of drug-likeness (QED) is 0.787. The Morgan fingerprint density at radius 2 is 2.13 bits per heavy atom. The number of hydrogen-bond donors (Lipinski definition) is 1. The van der Waals surface area contributed by atoms with Crippen LogP contribution in [0.5, 0.6) is 0 Å². The molecule has 0 aliphatic carbocycles. The van der Waals surface area contributed by atoms with Gasteiger partial charge in [-0.2, -0.15) is 0 Å². The van der Waals surface area contributed by atoms with Crippen molar-refractivity contribution in [3.05, 3.63) is 24.3 Å². The average Bonchev–Trinajstić information content (AvgIpc) is 2.95. The number of nitrogens with zero attached hydrogens (tertiary/aromatic N) is 2. The van der Waals surface area contributed by atoms with E-state index in [-0.39, 0.29) is 24.3 Å². The highest BCUT2D eigenvalue weighted by atomic mass is 32.1. The van der Waals surface area contributed by atoms with Gasteiger partial charge in [0.1, 0.15) is 0 Å². The predicted molar refractivity (Wildman–Crippen MR) is 91.5 cm³/mol. The molecule has 1 aromatic carbocycles. The first-order valence-corrected chi connectivity index (χ1v) is 8.30. The van der Waals surface area contributed by atoms with Gasteiger partial charge in [0.15, 0.2) is 5.13 Å². The lowest BCUT2D eigenvalue weighted by molar-refractivity contribution is -0.145. The van der Waals surface area contributed by atoms with Gasteiger partial charge in [0.05, 0.1) is 29.8 Å². The molecule has 0 saturated carbocycles. The predicted octanol–water partition coefficient (Wildman–Crippen LogP) is 2.37. The van der Waals surface area contributed by atoms with Gasteiger partial charge in [-0.15, -0.1) is 0 Å². The normalized spacial score (nSPS) is 12.3. The second-order valence-electron chi connectivity index (χ2n) is 5.29. The van der Waals surface area contributed by atoms with E-state index in [0.29, 0.717) is 18.2 Å². The van der Waals surface area contributed by atoms with E-state index in [1.54, 1.807) is 6.92 Å². The number of fused-ring (bicyclic) bond motifs is 1. The van der Waals surface area contributed by atoms with Crippen molar-refractivity contribution in [2.75, 3.05) is 32.1 Å². The molecule has 6 nitrogen and oxygen atoms in total. The summed E-state index contributed by atoms with van der Waals surface area (Å²) < 4.78 is 5.75. The summed E-state index contributed by atoms with van der Waals surface area (Å²) >= 11 is 1.45. The van der Waals surface area contributed by atoms with E-state index in [2.05, 4.69) is 10.3 Å². The van der Waals surface area contributed by atoms with Crippen LogP contribution in [0.15, 0.2) is 24.3 Å².